The highest BCUT2D eigenvalue weighted by atomic mass is 16.1. The molecule has 0 unspecified atom stereocenters. The molecular formula is C11H17NO. The Labute approximate surface area is 79.4 Å². The van der Waals surface area contributed by atoms with Crippen LogP contribution in [0.15, 0.2) is 12.7 Å². The lowest BCUT2D eigenvalue weighted by Crippen LogP contribution is -2.39. The number of rotatable bonds is 2. The fourth-order valence-electron chi connectivity index (χ4n) is 3.10. The molecule has 2 aliphatic rings. The molecule has 2 nitrogen and oxygen atoms in total. The van der Waals surface area contributed by atoms with Gasteiger partial charge in [0.25, 0.3) is 0 Å². The summed E-state index contributed by atoms with van der Waals surface area (Å²) in [5, 5.41) is 3.05. The molecule has 2 rings (SSSR count). The SMILES string of the molecule is C=C[C@@H]1C[C@H]2C[C@@H]1[C@@H](NC(C)=O)C2. The third kappa shape index (κ3) is 1.50. The molecule has 0 aromatic carbocycles. The van der Waals surface area contributed by atoms with Crippen molar-refractivity contribution in [2.45, 2.75) is 32.2 Å². The number of allylic oxidation sites excluding steroid dienone is 1. The first-order valence-electron chi connectivity index (χ1n) is 5.10. The quantitative estimate of drug-likeness (QED) is 0.642. The second kappa shape index (κ2) is 3.17. The maximum Gasteiger partial charge on any atom is 0.217 e. The molecule has 0 aliphatic heterocycles. The number of fused-ring (bicyclic) bond motifs is 2. The van der Waals surface area contributed by atoms with Crippen molar-refractivity contribution in [3.8, 4) is 0 Å². The Morgan fingerprint density at radius 2 is 2.23 bits per heavy atom. The van der Waals surface area contributed by atoms with Crippen LogP contribution in [0.25, 0.3) is 0 Å². The van der Waals surface area contributed by atoms with Gasteiger partial charge in [0.05, 0.1) is 0 Å². The van der Waals surface area contributed by atoms with Gasteiger partial charge in [-0.25, -0.2) is 0 Å². The first kappa shape index (κ1) is 8.79. The number of carbonyl (C=O) groups excluding carboxylic acids is 1. The molecule has 2 fully saturated rings. The van der Waals surface area contributed by atoms with E-state index in [4.69, 9.17) is 0 Å². The van der Waals surface area contributed by atoms with Crippen molar-refractivity contribution in [3.05, 3.63) is 12.7 Å². The van der Waals surface area contributed by atoms with Gasteiger partial charge >= 0.3 is 0 Å². The first-order chi connectivity index (χ1) is 6.20. The Bertz CT molecular complexity index is 236. The predicted molar refractivity (Wildman–Crippen MR) is 52.1 cm³/mol. The smallest absolute Gasteiger partial charge is 0.217 e. The lowest BCUT2D eigenvalue weighted by atomic mass is 9.85. The number of nitrogens with one attached hydrogen (secondary N) is 1. The van der Waals surface area contributed by atoms with E-state index in [0.29, 0.717) is 17.9 Å². The van der Waals surface area contributed by atoms with Gasteiger partial charge in [0, 0.05) is 13.0 Å². The van der Waals surface area contributed by atoms with E-state index in [2.05, 4.69) is 18.0 Å². The molecular weight excluding hydrogens is 162 g/mol. The monoisotopic (exact) mass is 179 g/mol. The van der Waals surface area contributed by atoms with Gasteiger partial charge in [-0.2, -0.15) is 0 Å². The van der Waals surface area contributed by atoms with Gasteiger partial charge < -0.3 is 5.32 Å². The minimum absolute atomic E-state index is 0.111. The van der Waals surface area contributed by atoms with Gasteiger partial charge in [-0.1, -0.05) is 6.08 Å². The zero-order valence-corrected chi connectivity index (χ0v) is 8.12. The van der Waals surface area contributed by atoms with Crippen LogP contribution >= 0.6 is 0 Å². The summed E-state index contributed by atoms with van der Waals surface area (Å²) in [4.78, 5) is 10.9. The summed E-state index contributed by atoms with van der Waals surface area (Å²) >= 11 is 0. The summed E-state index contributed by atoms with van der Waals surface area (Å²) in [5.74, 6) is 2.27. The molecule has 0 aromatic rings. The second-order valence-electron chi connectivity index (χ2n) is 4.44. The molecule has 72 valence electrons. The fraction of sp³-hybridized carbons (Fsp3) is 0.727. The molecule has 2 heteroatoms. The van der Waals surface area contributed by atoms with Crippen LogP contribution in [0.4, 0.5) is 0 Å². The molecule has 0 saturated heterocycles. The van der Waals surface area contributed by atoms with Gasteiger partial charge in [0.2, 0.25) is 5.91 Å². The fourth-order valence-corrected chi connectivity index (χ4v) is 3.10. The lowest BCUT2D eigenvalue weighted by Gasteiger charge is -2.27. The van der Waals surface area contributed by atoms with E-state index in [1.807, 2.05) is 0 Å². The van der Waals surface area contributed by atoms with E-state index >= 15 is 0 Å². The van der Waals surface area contributed by atoms with Crippen molar-refractivity contribution in [2.24, 2.45) is 17.8 Å². The van der Waals surface area contributed by atoms with Crippen LogP contribution in [0.1, 0.15) is 26.2 Å². The molecule has 13 heavy (non-hydrogen) atoms. The minimum atomic E-state index is 0.111. The average molecular weight is 179 g/mol. The third-order valence-electron chi connectivity index (χ3n) is 3.56. The molecule has 1 amide bonds. The van der Waals surface area contributed by atoms with Crippen LogP contribution in [0.2, 0.25) is 0 Å². The summed E-state index contributed by atoms with van der Waals surface area (Å²) in [6.07, 6.45) is 5.85. The van der Waals surface area contributed by atoms with Crippen molar-refractivity contribution in [3.63, 3.8) is 0 Å². The van der Waals surface area contributed by atoms with Crippen molar-refractivity contribution in [2.75, 3.05) is 0 Å². The summed E-state index contributed by atoms with van der Waals surface area (Å²) in [6, 6.07) is 0.430. The third-order valence-corrected chi connectivity index (χ3v) is 3.56. The van der Waals surface area contributed by atoms with Crippen LogP contribution in [0.3, 0.4) is 0 Å². The summed E-state index contributed by atoms with van der Waals surface area (Å²) in [7, 11) is 0. The zero-order chi connectivity index (χ0) is 9.42. The topological polar surface area (TPSA) is 29.1 Å². The summed E-state index contributed by atoms with van der Waals surface area (Å²) in [5.41, 5.74) is 0. The van der Waals surface area contributed by atoms with Crippen molar-refractivity contribution in [1.82, 2.24) is 5.32 Å². The van der Waals surface area contributed by atoms with Crippen LogP contribution in [0, 0.1) is 17.8 Å². The first-order valence-corrected chi connectivity index (χ1v) is 5.10. The zero-order valence-electron chi connectivity index (χ0n) is 8.12. The molecule has 2 bridgehead atoms. The van der Waals surface area contributed by atoms with Crippen molar-refractivity contribution in [1.29, 1.82) is 0 Å². The maximum absolute atomic E-state index is 10.9. The number of amides is 1. The predicted octanol–water partition coefficient (Wildman–Crippen LogP) is 1.72. The Morgan fingerprint density at radius 1 is 1.46 bits per heavy atom. The Kier molecular flexibility index (Phi) is 2.14. The number of hydrogen-bond donors (Lipinski definition) is 1. The molecule has 0 spiro atoms. The van der Waals surface area contributed by atoms with Gasteiger partial charge in [0.15, 0.2) is 0 Å². The highest BCUT2D eigenvalue weighted by Gasteiger charge is 2.44. The van der Waals surface area contributed by atoms with E-state index in [1.165, 1.54) is 19.3 Å². The highest BCUT2D eigenvalue weighted by molar-refractivity contribution is 5.73. The number of hydrogen-bond acceptors (Lipinski definition) is 1. The van der Waals surface area contributed by atoms with E-state index in [-0.39, 0.29) is 5.91 Å². The van der Waals surface area contributed by atoms with Crippen LogP contribution < -0.4 is 5.32 Å². The minimum Gasteiger partial charge on any atom is -0.353 e. The molecule has 2 saturated carbocycles. The molecule has 0 radical (unpaired) electrons. The number of carbonyl (C=O) groups is 1. The summed E-state index contributed by atoms with van der Waals surface area (Å²) in [6.45, 7) is 5.47. The maximum atomic E-state index is 10.9. The molecule has 2 aliphatic carbocycles. The Balaban J connectivity index is 2.01. The van der Waals surface area contributed by atoms with E-state index in [1.54, 1.807) is 6.92 Å². The van der Waals surface area contributed by atoms with Crippen molar-refractivity contribution < 1.29 is 4.79 Å². The van der Waals surface area contributed by atoms with E-state index in [9.17, 15) is 4.79 Å². The van der Waals surface area contributed by atoms with Gasteiger partial charge in [-0.3, -0.25) is 4.79 Å². The second-order valence-corrected chi connectivity index (χ2v) is 4.44. The van der Waals surface area contributed by atoms with Gasteiger partial charge in [-0.15, -0.1) is 6.58 Å². The molecule has 4 atom stereocenters. The van der Waals surface area contributed by atoms with Gasteiger partial charge in [0.1, 0.15) is 0 Å². The lowest BCUT2D eigenvalue weighted by molar-refractivity contribution is -0.120. The van der Waals surface area contributed by atoms with Crippen LogP contribution in [-0.2, 0) is 4.79 Å². The van der Waals surface area contributed by atoms with Gasteiger partial charge in [-0.05, 0) is 37.0 Å². The van der Waals surface area contributed by atoms with E-state index in [0.717, 1.165) is 5.92 Å². The highest BCUT2D eigenvalue weighted by Crippen LogP contribution is 2.48. The molecule has 1 N–H and O–H groups in total. The van der Waals surface area contributed by atoms with Crippen LogP contribution in [0.5, 0.6) is 0 Å². The average Bonchev–Trinajstić information content (AvgIpc) is 2.60. The Morgan fingerprint density at radius 3 is 2.77 bits per heavy atom. The van der Waals surface area contributed by atoms with Crippen LogP contribution in [-0.4, -0.2) is 11.9 Å². The largest absolute Gasteiger partial charge is 0.353 e. The molecule has 0 heterocycles. The van der Waals surface area contributed by atoms with Crippen molar-refractivity contribution >= 4 is 5.91 Å². The standard InChI is InChI=1S/C11H17NO/c1-3-9-4-8-5-10(9)11(6-8)12-7(2)13/h3,8-11H,1,4-6H2,2H3,(H,12,13)/t8-,9+,10-,11-/m0/s1. The normalized spacial score (nSPS) is 41.9. The van der Waals surface area contributed by atoms with E-state index < -0.39 is 0 Å². The molecule has 0 aromatic heterocycles. The summed E-state index contributed by atoms with van der Waals surface area (Å²) < 4.78 is 0. The Hall–Kier alpha value is -0.790.